The van der Waals surface area contributed by atoms with Crippen LogP contribution in [0.2, 0.25) is 0 Å². The van der Waals surface area contributed by atoms with Crippen LogP contribution in [-0.4, -0.2) is 42.1 Å². The third-order valence-electron chi connectivity index (χ3n) is 2.77. The lowest BCUT2D eigenvalue weighted by molar-refractivity contribution is 0.0656. The molecule has 1 N–H and O–H groups in total. The largest absolute Gasteiger partial charge is 0.351 e. The second-order valence-corrected chi connectivity index (χ2v) is 3.76. The number of amides is 1. The van der Waals surface area contributed by atoms with Gasteiger partial charge >= 0.3 is 0 Å². The molecule has 5 heteroatoms. The highest BCUT2D eigenvalue weighted by molar-refractivity contribution is 5.91. The number of carbonyl (C=O) groups excluding carboxylic acids is 1. The van der Waals surface area contributed by atoms with Crippen molar-refractivity contribution in [3.05, 3.63) is 18.0 Å². The Hall–Kier alpha value is -1.36. The summed E-state index contributed by atoms with van der Waals surface area (Å²) >= 11 is 0. The Morgan fingerprint density at radius 2 is 2.60 bits per heavy atom. The molecule has 0 radical (unpaired) electrons. The molecule has 1 unspecified atom stereocenters. The van der Waals surface area contributed by atoms with E-state index in [1.54, 1.807) is 6.07 Å². The first-order valence-corrected chi connectivity index (χ1v) is 5.18. The van der Waals surface area contributed by atoms with Crippen LogP contribution in [0.25, 0.3) is 0 Å². The minimum absolute atomic E-state index is 0.0625. The van der Waals surface area contributed by atoms with Gasteiger partial charge < -0.3 is 14.7 Å². The van der Waals surface area contributed by atoms with Crippen molar-refractivity contribution in [2.75, 3.05) is 20.1 Å². The van der Waals surface area contributed by atoms with Crippen LogP contribution in [-0.2, 0) is 0 Å². The maximum absolute atomic E-state index is 11.9. The number of piperidine rings is 1. The van der Waals surface area contributed by atoms with E-state index in [2.05, 4.69) is 10.5 Å². The lowest BCUT2D eigenvalue weighted by Crippen LogP contribution is -2.46. The summed E-state index contributed by atoms with van der Waals surface area (Å²) < 4.78 is 4.86. The van der Waals surface area contributed by atoms with Gasteiger partial charge in [0.1, 0.15) is 0 Å². The Kier molecular flexibility index (Phi) is 3.01. The first kappa shape index (κ1) is 10.2. The summed E-state index contributed by atoms with van der Waals surface area (Å²) in [7, 11) is 1.92. The summed E-state index contributed by atoms with van der Waals surface area (Å²) in [6, 6.07) is 2.00. The van der Waals surface area contributed by atoms with Gasteiger partial charge in [-0.15, -0.1) is 0 Å². The van der Waals surface area contributed by atoms with E-state index in [-0.39, 0.29) is 5.91 Å². The number of likely N-dealkylation sites (tertiary alicyclic amines) is 1. The Bertz CT molecular complexity index is 323. The van der Waals surface area contributed by atoms with Gasteiger partial charge in [-0.25, -0.2) is 0 Å². The van der Waals surface area contributed by atoms with Crippen molar-refractivity contribution in [2.24, 2.45) is 0 Å². The fourth-order valence-corrected chi connectivity index (χ4v) is 1.88. The highest BCUT2D eigenvalue weighted by Crippen LogP contribution is 2.13. The van der Waals surface area contributed by atoms with E-state index in [0.717, 1.165) is 25.9 Å². The molecule has 1 atom stereocenters. The van der Waals surface area contributed by atoms with E-state index >= 15 is 0 Å². The molecule has 0 aliphatic carbocycles. The maximum Gasteiger partial charge on any atom is 0.292 e. The summed E-state index contributed by atoms with van der Waals surface area (Å²) in [5, 5.41) is 6.73. The quantitative estimate of drug-likeness (QED) is 0.770. The third-order valence-corrected chi connectivity index (χ3v) is 2.77. The second kappa shape index (κ2) is 4.44. The van der Waals surface area contributed by atoms with Crippen molar-refractivity contribution in [1.82, 2.24) is 15.4 Å². The fourth-order valence-electron chi connectivity index (χ4n) is 1.88. The summed E-state index contributed by atoms with van der Waals surface area (Å²) in [5.41, 5.74) is 0. The smallest absolute Gasteiger partial charge is 0.292 e. The van der Waals surface area contributed by atoms with E-state index in [4.69, 9.17) is 4.52 Å². The monoisotopic (exact) mass is 209 g/mol. The first-order chi connectivity index (χ1) is 7.31. The zero-order valence-corrected chi connectivity index (χ0v) is 8.77. The van der Waals surface area contributed by atoms with E-state index in [1.165, 1.54) is 6.20 Å². The molecule has 0 aromatic carbocycles. The van der Waals surface area contributed by atoms with Crippen molar-refractivity contribution in [3.63, 3.8) is 0 Å². The molecule has 5 nitrogen and oxygen atoms in total. The van der Waals surface area contributed by atoms with Gasteiger partial charge in [0.25, 0.3) is 5.91 Å². The van der Waals surface area contributed by atoms with Gasteiger partial charge in [0.2, 0.25) is 5.76 Å². The van der Waals surface area contributed by atoms with Gasteiger partial charge in [-0.1, -0.05) is 5.16 Å². The van der Waals surface area contributed by atoms with Crippen molar-refractivity contribution in [3.8, 4) is 0 Å². The number of hydrogen-bond acceptors (Lipinski definition) is 4. The van der Waals surface area contributed by atoms with Crippen molar-refractivity contribution in [1.29, 1.82) is 0 Å². The van der Waals surface area contributed by atoms with Crippen LogP contribution in [0.1, 0.15) is 23.4 Å². The third kappa shape index (κ3) is 2.18. The average Bonchev–Trinajstić information content (AvgIpc) is 2.81. The first-order valence-electron chi connectivity index (χ1n) is 5.18. The van der Waals surface area contributed by atoms with Crippen LogP contribution in [0, 0.1) is 0 Å². The van der Waals surface area contributed by atoms with E-state index in [1.807, 2.05) is 11.9 Å². The molecule has 15 heavy (non-hydrogen) atoms. The number of nitrogens with zero attached hydrogens (tertiary/aromatic N) is 2. The number of aromatic nitrogens is 1. The van der Waals surface area contributed by atoms with Gasteiger partial charge in [-0.3, -0.25) is 4.79 Å². The van der Waals surface area contributed by atoms with Crippen molar-refractivity contribution >= 4 is 5.91 Å². The molecule has 0 spiro atoms. The Morgan fingerprint density at radius 3 is 3.27 bits per heavy atom. The predicted molar refractivity (Wildman–Crippen MR) is 54.5 cm³/mol. The molecule has 1 saturated heterocycles. The van der Waals surface area contributed by atoms with Gasteiger partial charge in [-0.2, -0.15) is 0 Å². The molecular weight excluding hydrogens is 194 g/mol. The number of rotatable bonds is 2. The van der Waals surface area contributed by atoms with E-state index in [9.17, 15) is 4.79 Å². The second-order valence-electron chi connectivity index (χ2n) is 3.76. The van der Waals surface area contributed by atoms with E-state index in [0.29, 0.717) is 11.8 Å². The molecule has 1 aromatic heterocycles. The Morgan fingerprint density at radius 1 is 1.73 bits per heavy atom. The highest BCUT2D eigenvalue weighted by atomic mass is 16.5. The topological polar surface area (TPSA) is 58.4 Å². The molecular formula is C10H15N3O2. The summed E-state index contributed by atoms with van der Waals surface area (Å²) in [6.07, 6.45) is 3.65. The van der Waals surface area contributed by atoms with Crippen LogP contribution < -0.4 is 5.32 Å². The van der Waals surface area contributed by atoms with Gasteiger partial charge in [0.05, 0.1) is 6.20 Å². The molecule has 1 fully saturated rings. The minimum atomic E-state index is -0.0625. The highest BCUT2D eigenvalue weighted by Gasteiger charge is 2.25. The molecule has 0 saturated carbocycles. The van der Waals surface area contributed by atoms with Crippen LogP contribution >= 0.6 is 0 Å². The van der Waals surface area contributed by atoms with Crippen LogP contribution in [0.3, 0.4) is 0 Å². The average molecular weight is 209 g/mol. The molecule has 0 bridgehead atoms. The summed E-state index contributed by atoms with van der Waals surface area (Å²) in [4.78, 5) is 13.7. The SMILES string of the molecule is CNC1CCCN(C(=O)c2ccno2)C1. The number of carbonyl (C=O) groups is 1. The lowest BCUT2D eigenvalue weighted by Gasteiger charge is -2.31. The lowest BCUT2D eigenvalue weighted by atomic mass is 10.1. The molecule has 1 aliphatic rings. The van der Waals surface area contributed by atoms with Crippen LogP contribution in [0.4, 0.5) is 0 Å². The van der Waals surface area contributed by atoms with Crippen molar-refractivity contribution in [2.45, 2.75) is 18.9 Å². The van der Waals surface area contributed by atoms with Crippen LogP contribution in [0.15, 0.2) is 16.8 Å². The van der Waals surface area contributed by atoms with Crippen LogP contribution in [0.5, 0.6) is 0 Å². The normalized spacial score (nSPS) is 21.7. The molecule has 2 rings (SSSR count). The zero-order chi connectivity index (χ0) is 10.7. The van der Waals surface area contributed by atoms with E-state index < -0.39 is 0 Å². The Balaban J connectivity index is 2.01. The molecule has 1 aromatic rings. The fraction of sp³-hybridized carbons (Fsp3) is 0.600. The number of nitrogens with one attached hydrogen (secondary N) is 1. The van der Waals surface area contributed by atoms with Gasteiger partial charge in [0.15, 0.2) is 0 Å². The molecule has 1 amide bonds. The standard InChI is InChI=1S/C10H15N3O2/c1-11-8-3-2-6-13(7-8)10(14)9-4-5-12-15-9/h4-5,8,11H,2-3,6-7H2,1H3. The van der Waals surface area contributed by atoms with Gasteiger partial charge in [-0.05, 0) is 19.9 Å². The predicted octanol–water partition coefficient (Wildman–Crippen LogP) is 0.499. The van der Waals surface area contributed by atoms with Gasteiger partial charge in [0, 0.05) is 25.2 Å². The molecule has 2 heterocycles. The maximum atomic E-state index is 11.9. The molecule has 1 aliphatic heterocycles. The number of likely N-dealkylation sites (N-methyl/N-ethyl adjacent to an activating group) is 1. The van der Waals surface area contributed by atoms with Crippen molar-refractivity contribution < 1.29 is 9.32 Å². The zero-order valence-electron chi connectivity index (χ0n) is 8.77. The summed E-state index contributed by atoms with van der Waals surface area (Å²) in [5.74, 6) is 0.263. The number of hydrogen-bond donors (Lipinski definition) is 1. The minimum Gasteiger partial charge on any atom is -0.351 e. The summed E-state index contributed by atoms with van der Waals surface area (Å²) in [6.45, 7) is 1.55. The molecule has 82 valence electrons. The Labute approximate surface area is 88.4 Å².